The van der Waals surface area contributed by atoms with E-state index in [0.29, 0.717) is 5.39 Å². The molecule has 2 saturated heterocycles. The molecule has 1 unspecified atom stereocenters. The Labute approximate surface area is 308 Å². The molecule has 1 amide bonds. The van der Waals surface area contributed by atoms with Crippen molar-refractivity contribution in [2.24, 2.45) is 0 Å². The average molecular weight is 776 g/mol. The first-order valence-electron chi connectivity index (χ1n) is 17.7. The van der Waals surface area contributed by atoms with E-state index in [4.69, 9.17) is 53.8 Å². The van der Waals surface area contributed by atoms with Crippen molar-refractivity contribution in [2.75, 3.05) is 45.0 Å². The van der Waals surface area contributed by atoms with Crippen LogP contribution < -0.4 is 4.90 Å². The van der Waals surface area contributed by atoms with Gasteiger partial charge in [-0.3, -0.25) is 9.46 Å². The Hall–Kier alpha value is -2.47. The minimum Gasteiger partial charge on any atom is -0.463 e. The molecule has 19 heteroatoms. The minimum absolute atomic E-state index is 0.0331. The first kappa shape index (κ1) is 40.7. The highest BCUT2D eigenvalue weighted by Crippen LogP contribution is 2.61. The van der Waals surface area contributed by atoms with Crippen molar-refractivity contribution in [3.8, 4) is 0 Å². The van der Waals surface area contributed by atoms with Crippen molar-refractivity contribution < 1.29 is 56.4 Å². The van der Waals surface area contributed by atoms with Crippen LogP contribution >= 0.6 is 19.2 Å². The number of aromatic nitrogens is 4. The van der Waals surface area contributed by atoms with Crippen molar-refractivity contribution in [3.05, 3.63) is 11.5 Å². The van der Waals surface area contributed by atoms with Crippen LogP contribution in [0.1, 0.15) is 87.3 Å². The fourth-order valence-corrected chi connectivity index (χ4v) is 8.94. The Morgan fingerprint density at radius 1 is 1.06 bits per heavy atom. The second-order valence-electron chi connectivity index (χ2n) is 14.1. The van der Waals surface area contributed by atoms with Crippen molar-refractivity contribution in [1.29, 1.82) is 0 Å². The van der Waals surface area contributed by atoms with Gasteiger partial charge in [0, 0.05) is 13.2 Å². The van der Waals surface area contributed by atoms with E-state index in [-0.39, 0.29) is 49.2 Å². The third-order valence-corrected chi connectivity index (χ3v) is 11.4. The number of carbonyl (C=O) groups excluding carboxylic acids is 2. The first-order chi connectivity index (χ1) is 24.5. The zero-order valence-corrected chi connectivity index (χ0v) is 32.9. The Kier molecular flexibility index (Phi) is 12.6. The lowest BCUT2D eigenvalue weighted by atomic mass is 10.1. The summed E-state index contributed by atoms with van der Waals surface area (Å²) in [4.78, 5) is 37.8. The van der Waals surface area contributed by atoms with Crippen molar-refractivity contribution in [1.82, 2.24) is 19.7 Å². The van der Waals surface area contributed by atoms with Crippen molar-refractivity contribution in [3.63, 3.8) is 0 Å². The number of amides is 1. The summed E-state index contributed by atoms with van der Waals surface area (Å²) >= 11 is 6.55. The maximum atomic E-state index is 14.3. The molecule has 2 aromatic heterocycles. The van der Waals surface area contributed by atoms with Crippen LogP contribution in [0.2, 0.25) is 5.28 Å². The molecular weight excluding hydrogens is 725 g/mol. The average Bonchev–Trinajstić information content (AvgIpc) is 3.83. The van der Waals surface area contributed by atoms with Gasteiger partial charge in [0.15, 0.2) is 23.5 Å². The molecule has 0 spiro atoms. The highest BCUT2D eigenvalue weighted by atomic mass is 35.5. The Balaban J connectivity index is 1.53. The van der Waals surface area contributed by atoms with E-state index < -0.39 is 67.5 Å². The molecule has 0 N–H and O–H groups in total. The number of halogens is 1. The van der Waals surface area contributed by atoms with Gasteiger partial charge >= 0.3 is 19.7 Å². The van der Waals surface area contributed by atoms with Crippen LogP contribution in [-0.2, 0) is 51.6 Å². The number of hydrogen-bond donors (Lipinski definition) is 0. The number of hydrogen-bond acceptors (Lipinski definition) is 15. The van der Waals surface area contributed by atoms with Gasteiger partial charge in [0.05, 0.1) is 44.6 Å². The van der Waals surface area contributed by atoms with Crippen LogP contribution in [0.3, 0.4) is 0 Å². The summed E-state index contributed by atoms with van der Waals surface area (Å²) in [6.07, 6.45) is 1.05. The van der Waals surface area contributed by atoms with E-state index in [1.54, 1.807) is 66.5 Å². The SMILES string of the molecule is CCOC(=O)C(COC)(OC[C@H]1O[C@@H](n2ncc3c(N(C(=O)OC(C)(C)C)C4CCCC4)nc(Cl)nc32)[C@@H]2OC(C)(C)O[C@@H]21)P(=O)(OCC)OCC. The third-order valence-electron chi connectivity index (χ3n) is 8.74. The van der Waals surface area contributed by atoms with E-state index in [1.807, 2.05) is 0 Å². The summed E-state index contributed by atoms with van der Waals surface area (Å²) in [6, 6.07) is -0.163. The molecule has 3 aliphatic rings. The summed E-state index contributed by atoms with van der Waals surface area (Å²) in [5, 5.41) is 2.67. The molecule has 292 valence electrons. The number of rotatable bonds is 15. The predicted octanol–water partition coefficient (Wildman–Crippen LogP) is 5.77. The van der Waals surface area contributed by atoms with E-state index in [1.165, 1.54) is 11.8 Å². The molecule has 5 rings (SSSR count). The smallest absolute Gasteiger partial charge is 0.416 e. The maximum absolute atomic E-state index is 14.3. The summed E-state index contributed by atoms with van der Waals surface area (Å²) in [6.45, 7) is 12.8. The van der Waals surface area contributed by atoms with Gasteiger partial charge in [-0.1, -0.05) is 12.8 Å². The van der Waals surface area contributed by atoms with Gasteiger partial charge in [0.25, 0.3) is 5.34 Å². The van der Waals surface area contributed by atoms with Crippen LogP contribution in [0.4, 0.5) is 10.6 Å². The molecule has 3 fully saturated rings. The topological polar surface area (TPSA) is 181 Å². The van der Waals surface area contributed by atoms with Gasteiger partial charge < -0.3 is 42.2 Å². The summed E-state index contributed by atoms with van der Waals surface area (Å²) in [5.74, 6) is -1.77. The number of nitrogens with zero attached hydrogens (tertiary/aromatic N) is 5. The van der Waals surface area contributed by atoms with Gasteiger partial charge in [0.2, 0.25) is 5.28 Å². The fraction of sp³-hybridized carbons (Fsp3) is 0.788. The minimum atomic E-state index is -4.36. The molecule has 17 nitrogen and oxygen atoms in total. The molecule has 2 aliphatic heterocycles. The van der Waals surface area contributed by atoms with Gasteiger partial charge in [-0.05, 0) is 79.8 Å². The van der Waals surface area contributed by atoms with E-state index in [0.717, 1.165) is 25.7 Å². The van der Waals surface area contributed by atoms with Crippen LogP contribution in [-0.4, -0.2) is 113 Å². The molecule has 52 heavy (non-hydrogen) atoms. The molecule has 5 atom stereocenters. The Bertz CT molecular complexity index is 1620. The van der Waals surface area contributed by atoms with Gasteiger partial charge in [0.1, 0.15) is 23.9 Å². The lowest BCUT2D eigenvalue weighted by molar-refractivity contribution is -0.210. The van der Waals surface area contributed by atoms with E-state index >= 15 is 0 Å². The number of methoxy groups -OCH3 is 1. The normalized spacial score (nSPS) is 24.6. The number of esters is 1. The number of carbonyl (C=O) groups is 2. The van der Waals surface area contributed by atoms with Crippen LogP contribution in [0.15, 0.2) is 6.20 Å². The highest BCUT2D eigenvalue weighted by Gasteiger charge is 2.63. The van der Waals surface area contributed by atoms with E-state index in [9.17, 15) is 14.2 Å². The van der Waals surface area contributed by atoms with Crippen LogP contribution in [0, 0.1) is 0 Å². The number of fused-ring (bicyclic) bond motifs is 2. The quantitative estimate of drug-likeness (QED) is 0.121. The summed E-state index contributed by atoms with van der Waals surface area (Å²) < 4.78 is 68.9. The van der Waals surface area contributed by atoms with Crippen molar-refractivity contribution >= 4 is 48.1 Å². The monoisotopic (exact) mass is 775 g/mol. The summed E-state index contributed by atoms with van der Waals surface area (Å²) in [7, 11) is -3.03. The second kappa shape index (κ2) is 16.1. The Morgan fingerprint density at radius 2 is 1.71 bits per heavy atom. The molecule has 2 aromatic rings. The molecular formula is C33H51ClN5O12P. The molecule has 1 aliphatic carbocycles. The molecule has 1 saturated carbocycles. The van der Waals surface area contributed by atoms with Gasteiger partial charge in [-0.15, -0.1) is 0 Å². The zero-order chi connectivity index (χ0) is 38.1. The fourth-order valence-electron chi connectivity index (χ4n) is 6.80. The molecule has 0 bridgehead atoms. The lowest BCUT2D eigenvalue weighted by Crippen LogP contribution is -2.50. The standard InChI is InChI=1S/C33H51ClN5O12P/c1-10-44-28(40)33(19-43-9,52(42,46-11-2)47-12-3)45-18-22-23-24(50-32(7,8)49-23)27(48-22)39-26-21(17-35-39)25(36-29(34)37-26)38(20-15-13-14-16-20)30(41)51-31(4,5)6/h17,20,22-24,27H,10-16,18-19H2,1-9H3/t22-,23-,24-,27-,33?/m1/s1. The third kappa shape index (κ3) is 8.13. The largest absolute Gasteiger partial charge is 0.463 e. The molecule has 4 heterocycles. The van der Waals surface area contributed by atoms with Gasteiger partial charge in [-0.25, -0.2) is 14.3 Å². The molecule has 0 radical (unpaired) electrons. The number of ether oxygens (including phenoxy) is 7. The maximum Gasteiger partial charge on any atom is 0.416 e. The van der Waals surface area contributed by atoms with Crippen molar-refractivity contribution in [2.45, 2.75) is 128 Å². The highest BCUT2D eigenvalue weighted by molar-refractivity contribution is 7.56. The second-order valence-corrected chi connectivity index (χ2v) is 16.7. The zero-order valence-electron chi connectivity index (χ0n) is 31.3. The van der Waals surface area contributed by atoms with Crippen LogP contribution in [0.25, 0.3) is 11.0 Å². The number of anilines is 1. The summed E-state index contributed by atoms with van der Waals surface area (Å²) in [5.41, 5.74) is -0.477. The Morgan fingerprint density at radius 3 is 2.31 bits per heavy atom. The van der Waals surface area contributed by atoms with Crippen LogP contribution in [0.5, 0.6) is 0 Å². The lowest BCUT2D eigenvalue weighted by Gasteiger charge is -2.36. The van der Waals surface area contributed by atoms with Gasteiger partial charge in [-0.2, -0.15) is 15.1 Å². The van der Waals surface area contributed by atoms with E-state index in [2.05, 4.69) is 15.1 Å². The molecule has 0 aromatic carbocycles. The first-order valence-corrected chi connectivity index (χ1v) is 19.6. The predicted molar refractivity (Wildman–Crippen MR) is 187 cm³/mol.